The molecule has 0 aliphatic carbocycles. The second kappa shape index (κ2) is 5.50. The van der Waals surface area contributed by atoms with Gasteiger partial charge in [0.25, 0.3) is 0 Å². The third-order valence-electron chi connectivity index (χ3n) is 2.40. The molecule has 0 unspecified atom stereocenters. The number of carboxylic acids is 1. The van der Waals surface area contributed by atoms with Crippen LogP contribution in [0.3, 0.4) is 0 Å². The third-order valence-corrected chi connectivity index (χ3v) is 2.40. The van der Waals surface area contributed by atoms with Crippen molar-refractivity contribution in [1.82, 2.24) is 10.2 Å². The molecule has 5 heteroatoms. The maximum atomic E-state index is 11.0. The average molecular weight is 212 g/mol. The minimum Gasteiger partial charge on any atom is -0.478 e. The first-order chi connectivity index (χ1) is 7.09. The molecule has 1 amide bonds. The first kappa shape index (κ1) is 11.7. The van der Waals surface area contributed by atoms with Crippen LogP contribution in [0.1, 0.15) is 13.3 Å². The topological polar surface area (TPSA) is 69.6 Å². The van der Waals surface area contributed by atoms with Crippen LogP contribution in [0.5, 0.6) is 0 Å². The molecule has 5 nitrogen and oxygen atoms in total. The van der Waals surface area contributed by atoms with Crippen LogP contribution in [0.25, 0.3) is 0 Å². The van der Waals surface area contributed by atoms with Crippen LogP contribution in [0.2, 0.25) is 0 Å². The van der Waals surface area contributed by atoms with E-state index < -0.39 is 5.97 Å². The Hall–Kier alpha value is -1.36. The average Bonchev–Trinajstić information content (AvgIpc) is 2.39. The van der Waals surface area contributed by atoms with Gasteiger partial charge >= 0.3 is 5.97 Å². The Kier molecular flexibility index (Phi) is 4.30. The highest BCUT2D eigenvalue weighted by molar-refractivity contribution is 5.85. The van der Waals surface area contributed by atoms with Crippen molar-refractivity contribution in [3.63, 3.8) is 0 Å². The second-order valence-electron chi connectivity index (χ2n) is 3.59. The van der Waals surface area contributed by atoms with Gasteiger partial charge in [-0.2, -0.15) is 0 Å². The van der Waals surface area contributed by atoms with Gasteiger partial charge in [0, 0.05) is 38.2 Å². The number of carbonyl (C=O) groups is 2. The van der Waals surface area contributed by atoms with Crippen LogP contribution in [0, 0.1) is 0 Å². The quantitative estimate of drug-likeness (QED) is 0.638. The Bertz CT molecular complexity index is 286. The number of rotatable bonds is 3. The highest BCUT2D eigenvalue weighted by Gasteiger charge is 2.12. The Balaban J connectivity index is 2.41. The molecule has 1 rings (SSSR count). The molecule has 1 heterocycles. The van der Waals surface area contributed by atoms with E-state index in [0.29, 0.717) is 31.6 Å². The van der Waals surface area contributed by atoms with E-state index in [4.69, 9.17) is 5.11 Å². The number of nitrogens with zero attached hydrogens (tertiary/aromatic N) is 1. The van der Waals surface area contributed by atoms with Crippen LogP contribution in [0.4, 0.5) is 0 Å². The molecule has 0 bridgehead atoms. The number of hydrogen-bond donors (Lipinski definition) is 2. The van der Waals surface area contributed by atoms with Gasteiger partial charge in [0.2, 0.25) is 5.91 Å². The standard InChI is InChI=1S/C10H16N2O3/c1-8(10(14)15)2-5-12-6-3-9(13)11-4-7-12/h2H,3-7H2,1H3,(H,11,13)(H,14,15)/b8-2+. The van der Waals surface area contributed by atoms with Crippen LogP contribution in [-0.4, -0.2) is 48.1 Å². The zero-order valence-corrected chi connectivity index (χ0v) is 8.82. The number of aliphatic carboxylic acids is 1. The Morgan fingerprint density at radius 1 is 1.60 bits per heavy atom. The number of carbonyl (C=O) groups excluding carboxylic acids is 1. The van der Waals surface area contributed by atoms with Gasteiger partial charge in [-0.05, 0) is 6.92 Å². The minimum atomic E-state index is -0.890. The number of amides is 1. The first-order valence-corrected chi connectivity index (χ1v) is 4.98. The van der Waals surface area contributed by atoms with Crippen molar-refractivity contribution >= 4 is 11.9 Å². The number of nitrogens with one attached hydrogen (secondary N) is 1. The number of carboxylic acid groups (broad SMARTS) is 1. The molecule has 0 spiro atoms. The van der Waals surface area contributed by atoms with E-state index in [1.165, 1.54) is 0 Å². The molecule has 0 aromatic carbocycles. The van der Waals surface area contributed by atoms with Crippen molar-refractivity contribution in [3.05, 3.63) is 11.6 Å². The predicted molar refractivity (Wildman–Crippen MR) is 55.5 cm³/mol. The summed E-state index contributed by atoms with van der Waals surface area (Å²) in [4.78, 5) is 23.6. The van der Waals surface area contributed by atoms with Crippen LogP contribution in [-0.2, 0) is 9.59 Å². The predicted octanol–water partition coefficient (Wildman–Crippen LogP) is -0.161. The monoisotopic (exact) mass is 212 g/mol. The molecule has 1 aliphatic heterocycles. The lowest BCUT2D eigenvalue weighted by Crippen LogP contribution is -2.28. The maximum absolute atomic E-state index is 11.0. The van der Waals surface area contributed by atoms with E-state index in [0.717, 1.165) is 6.54 Å². The lowest BCUT2D eigenvalue weighted by atomic mass is 10.2. The molecular weight excluding hydrogens is 196 g/mol. The second-order valence-corrected chi connectivity index (χ2v) is 3.59. The Morgan fingerprint density at radius 3 is 3.00 bits per heavy atom. The fourth-order valence-corrected chi connectivity index (χ4v) is 1.35. The van der Waals surface area contributed by atoms with E-state index in [1.54, 1.807) is 13.0 Å². The number of hydrogen-bond acceptors (Lipinski definition) is 3. The summed E-state index contributed by atoms with van der Waals surface area (Å²) < 4.78 is 0. The molecule has 0 aromatic heterocycles. The van der Waals surface area contributed by atoms with Crippen molar-refractivity contribution in [2.45, 2.75) is 13.3 Å². The zero-order valence-electron chi connectivity index (χ0n) is 8.82. The van der Waals surface area contributed by atoms with Gasteiger partial charge in [0.05, 0.1) is 0 Å². The molecule has 1 saturated heterocycles. The van der Waals surface area contributed by atoms with Crippen LogP contribution in [0.15, 0.2) is 11.6 Å². The van der Waals surface area contributed by atoms with E-state index in [1.807, 2.05) is 0 Å². The minimum absolute atomic E-state index is 0.0661. The summed E-state index contributed by atoms with van der Waals surface area (Å²) in [5.41, 5.74) is 0.346. The van der Waals surface area contributed by atoms with Gasteiger partial charge in [-0.25, -0.2) is 4.79 Å². The van der Waals surface area contributed by atoms with E-state index >= 15 is 0 Å². The van der Waals surface area contributed by atoms with Crippen molar-refractivity contribution < 1.29 is 14.7 Å². The molecule has 0 aromatic rings. The molecule has 0 atom stereocenters. The Morgan fingerprint density at radius 2 is 2.33 bits per heavy atom. The van der Waals surface area contributed by atoms with Gasteiger partial charge in [0.15, 0.2) is 0 Å². The van der Waals surface area contributed by atoms with E-state index in [2.05, 4.69) is 10.2 Å². The summed E-state index contributed by atoms with van der Waals surface area (Å²) in [7, 11) is 0. The fraction of sp³-hybridized carbons (Fsp3) is 0.600. The normalized spacial score (nSPS) is 19.5. The Labute approximate surface area is 88.8 Å². The summed E-state index contributed by atoms with van der Waals surface area (Å²) in [5.74, 6) is -0.824. The molecule has 1 fully saturated rings. The van der Waals surface area contributed by atoms with Gasteiger partial charge in [-0.15, -0.1) is 0 Å². The van der Waals surface area contributed by atoms with Crippen LogP contribution < -0.4 is 5.32 Å². The molecular formula is C10H16N2O3. The van der Waals surface area contributed by atoms with Crippen molar-refractivity contribution in [2.24, 2.45) is 0 Å². The van der Waals surface area contributed by atoms with Crippen molar-refractivity contribution in [2.75, 3.05) is 26.2 Å². The smallest absolute Gasteiger partial charge is 0.330 e. The lowest BCUT2D eigenvalue weighted by molar-refractivity contribution is -0.132. The van der Waals surface area contributed by atoms with Gasteiger partial charge in [0.1, 0.15) is 0 Å². The summed E-state index contributed by atoms with van der Waals surface area (Å²) in [6.07, 6.45) is 2.16. The molecule has 0 saturated carbocycles. The molecule has 15 heavy (non-hydrogen) atoms. The summed E-state index contributed by atoms with van der Waals surface area (Å²) in [5, 5.41) is 11.4. The largest absolute Gasteiger partial charge is 0.478 e. The molecule has 2 N–H and O–H groups in total. The van der Waals surface area contributed by atoms with Gasteiger partial charge < -0.3 is 10.4 Å². The summed E-state index contributed by atoms with van der Waals surface area (Å²) in [6.45, 7) is 4.26. The molecule has 0 radical (unpaired) electrons. The highest BCUT2D eigenvalue weighted by Crippen LogP contribution is 1.99. The third kappa shape index (κ3) is 4.12. The van der Waals surface area contributed by atoms with Crippen LogP contribution >= 0.6 is 0 Å². The van der Waals surface area contributed by atoms with Gasteiger partial charge in [-0.1, -0.05) is 6.08 Å². The molecule has 1 aliphatic rings. The SMILES string of the molecule is C/C(=C\CN1CCNC(=O)CC1)C(=O)O. The van der Waals surface area contributed by atoms with E-state index in [-0.39, 0.29) is 5.91 Å². The maximum Gasteiger partial charge on any atom is 0.330 e. The zero-order chi connectivity index (χ0) is 11.3. The lowest BCUT2D eigenvalue weighted by Gasteiger charge is -2.16. The van der Waals surface area contributed by atoms with E-state index in [9.17, 15) is 9.59 Å². The van der Waals surface area contributed by atoms with Crippen molar-refractivity contribution in [1.29, 1.82) is 0 Å². The first-order valence-electron chi connectivity index (χ1n) is 4.98. The highest BCUT2D eigenvalue weighted by atomic mass is 16.4. The van der Waals surface area contributed by atoms with Crippen molar-refractivity contribution in [3.8, 4) is 0 Å². The fourth-order valence-electron chi connectivity index (χ4n) is 1.35. The van der Waals surface area contributed by atoms with Gasteiger partial charge in [-0.3, -0.25) is 9.69 Å². The molecule has 84 valence electrons. The summed E-state index contributed by atoms with van der Waals surface area (Å²) >= 11 is 0. The summed E-state index contributed by atoms with van der Waals surface area (Å²) in [6, 6.07) is 0.